The summed E-state index contributed by atoms with van der Waals surface area (Å²) in [6.45, 7) is -0.914. The molecule has 1 heterocycles. The predicted molar refractivity (Wildman–Crippen MR) is 63.8 cm³/mol. The average molecular weight is 312 g/mol. The van der Waals surface area contributed by atoms with Gasteiger partial charge in [0.2, 0.25) is 0 Å². The molecule has 124 valence electrons. The Bertz CT molecular complexity index is 326. The molecule has 0 spiro atoms. The number of aldehydes is 1. The normalized spacial score (nSPS) is 35.8. The van der Waals surface area contributed by atoms with Gasteiger partial charge in [0, 0.05) is 0 Å². The number of carbonyl (C=O) groups is 1. The van der Waals surface area contributed by atoms with E-state index < -0.39 is 55.6 Å². The third-order valence-corrected chi connectivity index (χ3v) is 3.12. The van der Waals surface area contributed by atoms with Gasteiger partial charge in [0.05, 0.1) is 13.2 Å². The Balaban J connectivity index is 2.45. The molecule has 10 nitrogen and oxygen atoms in total. The highest BCUT2D eigenvalue weighted by molar-refractivity contribution is 5.56. The first-order chi connectivity index (χ1) is 9.79. The Kier molecular flexibility index (Phi) is 7.06. The second-order valence-electron chi connectivity index (χ2n) is 4.76. The van der Waals surface area contributed by atoms with Crippen LogP contribution in [0.4, 0.5) is 0 Å². The average Bonchev–Trinajstić information content (AvgIpc) is 2.49. The molecule has 0 unspecified atom stereocenters. The Morgan fingerprint density at radius 2 is 1.71 bits per heavy atom. The van der Waals surface area contributed by atoms with Gasteiger partial charge < -0.3 is 50.0 Å². The van der Waals surface area contributed by atoms with Gasteiger partial charge in [-0.05, 0) is 0 Å². The summed E-state index contributed by atoms with van der Waals surface area (Å²) in [6, 6.07) is 0. The van der Waals surface area contributed by atoms with Crippen LogP contribution in [0.5, 0.6) is 0 Å². The molecule has 10 heteroatoms. The lowest BCUT2D eigenvalue weighted by Crippen LogP contribution is -2.54. The largest absolute Gasteiger partial charge is 0.388 e. The molecule has 0 saturated carbocycles. The van der Waals surface area contributed by atoms with Crippen molar-refractivity contribution in [3.05, 3.63) is 0 Å². The van der Waals surface area contributed by atoms with Gasteiger partial charge in [-0.2, -0.15) is 0 Å². The minimum Gasteiger partial charge on any atom is -0.388 e. The van der Waals surface area contributed by atoms with Crippen LogP contribution in [0.25, 0.3) is 0 Å². The number of hydrogen-bond donors (Lipinski definition) is 7. The molecule has 0 amide bonds. The van der Waals surface area contributed by atoms with Crippen LogP contribution < -0.4 is 0 Å². The molecular formula is C11H20O10. The third kappa shape index (κ3) is 4.64. The summed E-state index contributed by atoms with van der Waals surface area (Å²) in [5, 5.41) is 65.6. The van der Waals surface area contributed by atoms with Crippen molar-refractivity contribution < 1.29 is 50.0 Å². The first kappa shape index (κ1) is 18.4. The molecular weight excluding hydrogens is 292 g/mol. The zero-order chi connectivity index (χ0) is 16.2. The number of hydrogen-bond acceptors (Lipinski definition) is 10. The fraction of sp³-hybridized carbons (Fsp3) is 0.909. The van der Waals surface area contributed by atoms with Gasteiger partial charge in [-0.3, -0.25) is 0 Å². The van der Waals surface area contributed by atoms with E-state index in [1.807, 2.05) is 0 Å². The van der Waals surface area contributed by atoms with Crippen LogP contribution in [0, 0.1) is 0 Å². The molecule has 21 heavy (non-hydrogen) atoms. The lowest BCUT2D eigenvalue weighted by Gasteiger charge is -2.35. The molecule has 1 aliphatic rings. The predicted octanol–water partition coefficient (Wildman–Crippen LogP) is -4.92. The van der Waals surface area contributed by atoms with Crippen molar-refractivity contribution in [2.45, 2.75) is 49.0 Å². The summed E-state index contributed by atoms with van der Waals surface area (Å²) in [5.74, 6) is 0. The van der Waals surface area contributed by atoms with E-state index in [0.717, 1.165) is 0 Å². The standard InChI is InChI=1S/C11H20O10/c12-1-4(13)7(16)8(17)5(14)2-20-11-10(19)9(18)6(15)3-21-11/h1,4-11,13-19H,2-3H2/t4-,5+,6+,7+,8+,9-,10+,11+/m0/s1. The summed E-state index contributed by atoms with van der Waals surface area (Å²) >= 11 is 0. The Hall–Kier alpha value is -0.690. The molecule has 0 aliphatic carbocycles. The van der Waals surface area contributed by atoms with Crippen LogP contribution in [-0.4, -0.2) is 104 Å². The molecule has 0 bridgehead atoms. The molecule has 1 aliphatic heterocycles. The number of aliphatic hydroxyl groups excluding tert-OH is 7. The molecule has 1 fully saturated rings. The fourth-order valence-electron chi connectivity index (χ4n) is 1.73. The van der Waals surface area contributed by atoms with Crippen LogP contribution in [0.15, 0.2) is 0 Å². The maximum Gasteiger partial charge on any atom is 0.186 e. The van der Waals surface area contributed by atoms with Gasteiger partial charge in [0.15, 0.2) is 12.6 Å². The zero-order valence-corrected chi connectivity index (χ0v) is 11.0. The molecule has 8 atom stereocenters. The zero-order valence-electron chi connectivity index (χ0n) is 11.0. The summed E-state index contributed by atoms with van der Waals surface area (Å²) in [5.41, 5.74) is 0. The number of rotatable bonds is 7. The van der Waals surface area contributed by atoms with Gasteiger partial charge in [-0.25, -0.2) is 0 Å². The van der Waals surface area contributed by atoms with Gasteiger partial charge in [-0.1, -0.05) is 0 Å². The Morgan fingerprint density at radius 1 is 1.10 bits per heavy atom. The molecule has 1 saturated heterocycles. The van der Waals surface area contributed by atoms with Gasteiger partial charge in [0.25, 0.3) is 0 Å². The monoisotopic (exact) mass is 312 g/mol. The lowest BCUT2D eigenvalue weighted by atomic mass is 10.0. The van der Waals surface area contributed by atoms with E-state index in [2.05, 4.69) is 0 Å². The summed E-state index contributed by atoms with van der Waals surface area (Å²) in [4.78, 5) is 10.2. The molecule has 0 aromatic rings. The van der Waals surface area contributed by atoms with E-state index >= 15 is 0 Å². The summed E-state index contributed by atoms with van der Waals surface area (Å²) in [7, 11) is 0. The van der Waals surface area contributed by atoms with Crippen molar-refractivity contribution in [1.82, 2.24) is 0 Å². The number of carbonyl (C=O) groups excluding carboxylic acids is 1. The quantitative estimate of drug-likeness (QED) is 0.225. The second kappa shape index (κ2) is 8.08. The van der Waals surface area contributed by atoms with Crippen molar-refractivity contribution in [2.75, 3.05) is 13.2 Å². The highest BCUT2D eigenvalue weighted by Crippen LogP contribution is 2.17. The highest BCUT2D eigenvalue weighted by atomic mass is 16.7. The van der Waals surface area contributed by atoms with E-state index in [-0.39, 0.29) is 12.9 Å². The minimum atomic E-state index is -1.91. The topological polar surface area (TPSA) is 177 Å². The van der Waals surface area contributed by atoms with Gasteiger partial charge in [-0.15, -0.1) is 0 Å². The van der Waals surface area contributed by atoms with Crippen molar-refractivity contribution >= 4 is 6.29 Å². The summed E-state index contributed by atoms with van der Waals surface area (Å²) < 4.78 is 9.82. The van der Waals surface area contributed by atoms with Crippen molar-refractivity contribution in [3.8, 4) is 0 Å². The van der Waals surface area contributed by atoms with Crippen molar-refractivity contribution in [1.29, 1.82) is 0 Å². The van der Waals surface area contributed by atoms with E-state index in [0.29, 0.717) is 0 Å². The van der Waals surface area contributed by atoms with E-state index in [9.17, 15) is 35.4 Å². The maximum absolute atomic E-state index is 10.2. The number of ether oxygens (including phenoxy) is 2. The molecule has 1 rings (SSSR count). The van der Waals surface area contributed by atoms with Gasteiger partial charge >= 0.3 is 0 Å². The fourth-order valence-corrected chi connectivity index (χ4v) is 1.73. The van der Waals surface area contributed by atoms with Crippen LogP contribution in [0.2, 0.25) is 0 Å². The number of aliphatic hydroxyl groups is 7. The molecule has 7 N–H and O–H groups in total. The van der Waals surface area contributed by atoms with Crippen LogP contribution in [0.3, 0.4) is 0 Å². The molecule has 0 aromatic heterocycles. The van der Waals surface area contributed by atoms with Crippen LogP contribution >= 0.6 is 0 Å². The Labute approximate surface area is 119 Å². The van der Waals surface area contributed by atoms with E-state index in [1.54, 1.807) is 0 Å². The SMILES string of the molecule is O=C[C@H](O)[C@@H](O)[C@H](O)[C@H](O)CO[C@@H]1OC[C@@H](O)[C@H](O)[C@H]1O. The maximum atomic E-state index is 10.2. The smallest absolute Gasteiger partial charge is 0.186 e. The van der Waals surface area contributed by atoms with E-state index in [4.69, 9.17) is 14.6 Å². The third-order valence-electron chi connectivity index (χ3n) is 3.12. The highest BCUT2D eigenvalue weighted by Gasteiger charge is 2.39. The summed E-state index contributed by atoms with van der Waals surface area (Å²) in [6.07, 6.45) is -13.0. The van der Waals surface area contributed by atoms with Crippen molar-refractivity contribution in [2.24, 2.45) is 0 Å². The van der Waals surface area contributed by atoms with Crippen LogP contribution in [-0.2, 0) is 14.3 Å². The minimum absolute atomic E-state index is 0.00674. The Morgan fingerprint density at radius 3 is 2.29 bits per heavy atom. The van der Waals surface area contributed by atoms with Gasteiger partial charge in [0.1, 0.15) is 42.7 Å². The first-order valence-electron chi connectivity index (χ1n) is 6.24. The first-order valence-corrected chi connectivity index (χ1v) is 6.24. The lowest BCUT2D eigenvalue weighted by molar-refractivity contribution is -0.277. The molecule has 0 aromatic carbocycles. The second-order valence-corrected chi connectivity index (χ2v) is 4.76. The molecule has 0 radical (unpaired) electrons. The van der Waals surface area contributed by atoms with E-state index in [1.165, 1.54) is 0 Å². The van der Waals surface area contributed by atoms with Crippen molar-refractivity contribution in [3.63, 3.8) is 0 Å². The van der Waals surface area contributed by atoms with Crippen LogP contribution in [0.1, 0.15) is 0 Å².